The summed E-state index contributed by atoms with van der Waals surface area (Å²) in [6.07, 6.45) is -2.98. The molecule has 0 aromatic heterocycles. The fourth-order valence-corrected chi connectivity index (χ4v) is 5.08. The lowest BCUT2D eigenvalue weighted by Crippen LogP contribution is -2.49. The molecule has 1 unspecified atom stereocenters. The number of nitrogens with one attached hydrogen (secondary N) is 1. The lowest BCUT2D eigenvalue weighted by molar-refractivity contribution is -0.137. The Bertz CT molecular complexity index is 1070. The number of Topliss-reactive ketones (excluding diaryl/α,β-unsaturated/α-hetero) is 1. The van der Waals surface area contributed by atoms with E-state index >= 15 is 0 Å². The first-order valence-corrected chi connectivity index (χ1v) is 11.0. The molecule has 0 saturated carbocycles. The highest BCUT2D eigenvalue weighted by Gasteiger charge is 2.38. The van der Waals surface area contributed by atoms with Crippen LogP contribution in [0.4, 0.5) is 18.9 Å². The first-order valence-electron chi connectivity index (χ1n) is 9.61. The molecule has 1 N–H and O–H groups in total. The highest BCUT2D eigenvalue weighted by atomic mass is 32.2. The van der Waals surface area contributed by atoms with Crippen molar-refractivity contribution in [3.05, 3.63) is 59.7 Å². The molecule has 6 nitrogen and oxygen atoms in total. The molecular formula is C21H21F3N2O4S. The minimum absolute atomic E-state index is 0.0354. The summed E-state index contributed by atoms with van der Waals surface area (Å²) in [5.74, 6) is -0.806. The minimum atomic E-state index is -4.49. The third-order valence-corrected chi connectivity index (χ3v) is 7.03. The Balaban J connectivity index is 1.80. The molecule has 1 amide bonds. The van der Waals surface area contributed by atoms with E-state index in [-0.39, 0.29) is 29.3 Å². The summed E-state index contributed by atoms with van der Waals surface area (Å²) in [7, 11) is -4.00. The first kappa shape index (κ1) is 23.0. The number of benzene rings is 2. The van der Waals surface area contributed by atoms with Crippen LogP contribution in [0.25, 0.3) is 0 Å². The normalized spacial score (nSPS) is 17.9. The van der Waals surface area contributed by atoms with Gasteiger partial charge in [0.05, 0.1) is 10.5 Å². The quantitative estimate of drug-likeness (QED) is 0.690. The van der Waals surface area contributed by atoms with E-state index in [4.69, 9.17) is 0 Å². The molecule has 166 valence electrons. The van der Waals surface area contributed by atoms with Crippen LogP contribution in [-0.4, -0.2) is 37.0 Å². The van der Waals surface area contributed by atoms with Crippen molar-refractivity contribution < 1.29 is 31.2 Å². The molecule has 1 atom stereocenters. The summed E-state index contributed by atoms with van der Waals surface area (Å²) in [5, 5.41) is 2.51. The van der Waals surface area contributed by atoms with Gasteiger partial charge in [-0.05, 0) is 56.2 Å². The van der Waals surface area contributed by atoms with Crippen molar-refractivity contribution >= 4 is 27.4 Å². The zero-order valence-corrected chi connectivity index (χ0v) is 17.5. The van der Waals surface area contributed by atoms with E-state index in [1.54, 1.807) is 0 Å². The first-order chi connectivity index (χ1) is 14.5. The van der Waals surface area contributed by atoms with Crippen LogP contribution in [0.3, 0.4) is 0 Å². The van der Waals surface area contributed by atoms with E-state index in [9.17, 15) is 31.2 Å². The highest BCUT2D eigenvalue weighted by molar-refractivity contribution is 7.89. The van der Waals surface area contributed by atoms with E-state index in [2.05, 4.69) is 5.32 Å². The van der Waals surface area contributed by atoms with Crippen molar-refractivity contribution in [1.29, 1.82) is 0 Å². The number of rotatable bonds is 5. The highest BCUT2D eigenvalue weighted by Crippen LogP contribution is 2.30. The molecule has 2 aromatic carbocycles. The zero-order chi connectivity index (χ0) is 22.8. The lowest BCUT2D eigenvalue weighted by atomic mass is 10.0. The number of amides is 1. The predicted molar refractivity (Wildman–Crippen MR) is 108 cm³/mol. The van der Waals surface area contributed by atoms with Gasteiger partial charge in [-0.3, -0.25) is 9.59 Å². The van der Waals surface area contributed by atoms with E-state index in [1.807, 2.05) is 0 Å². The number of carbonyl (C=O) groups is 2. The molecular weight excluding hydrogens is 433 g/mol. The number of hydrogen-bond donors (Lipinski definition) is 1. The van der Waals surface area contributed by atoms with E-state index < -0.39 is 33.7 Å². The predicted octanol–water partition coefficient (Wildman–Crippen LogP) is 4.09. The average molecular weight is 454 g/mol. The van der Waals surface area contributed by atoms with Crippen LogP contribution in [0.2, 0.25) is 0 Å². The third-order valence-electron chi connectivity index (χ3n) is 5.10. The van der Waals surface area contributed by atoms with Gasteiger partial charge in [0.2, 0.25) is 15.9 Å². The fourth-order valence-electron chi connectivity index (χ4n) is 3.42. The Morgan fingerprint density at radius 1 is 1.00 bits per heavy atom. The van der Waals surface area contributed by atoms with Gasteiger partial charge in [-0.2, -0.15) is 17.5 Å². The van der Waals surface area contributed by atoms with Gasteiger partial charge in [0.15, 0.2) is 5.78 Å². The van der Waals surface area contributed by atoms with Crippen molar-refractivity contribution in [2.75, 3.05) is 11.9 Å². The van der Waals surface area contributed by atoms with Gasteiger partial charge >= 0.3 is 6.18 Å². The van der Waals surface area contributed by atoms with Crippen molar-refractivity contribution in [3.8, 4) is 0 Å². The summed E-state index contributed by atoms with van der Waals surface area (Å²) in [5.41, 5.74) is -0.331. The molecule has 1 heterocycles. The number of sulfonamides is 1. The standard InChI is InChI=1S/C21H21F3N2O4S/c1-14(27)15-5-11-18(12-6-15)31(29,30)26-13-3-2-4-19(26)20(28)25-17-9-7-16(8-10-17)21(22,23)24/h5-12,19H,2-4,13H2,1H3,(H,25,28). The molecule has 0 bridgehead atoms. The molecule has 0 aliphatic carbocycles. The molecule has 0 radical (unpaired) electrons. The van der Waals surface area contributed by atoms with Crippen molar-refractivity contribution in [1.82, 2.24) is 4.31 Å². The number of hydrogen-bond acceptors (Lipinski definition) is 4. The topological polar surface area (TPSA) is 83.6 Å². The van der Waals surface area contributed by atoms with E-state index in [1.165, 1.54) is 31.2 Å². The SMILES string of the molecule is CC(=O)c1ccc(S(=O)(=O)N2CCCCC2C(=O)Nc2ccc(C(F)(F)F)cc2)cc1. The van der Waals surface area contributed by atoms with Gasteiger partial charge in [-0.1, -0.05) is 18.6 Å². The smallest absolute Gasteiger partial charge is 0.325 e. The second-order valence-corrected chi connectivity index (χ2v) is 9.16. The van der Waals surface area contributed by atoms with Crippen molar-refractivity contribution in [3.63, 3.8) is 0 Å². The molecule has 1 aliphatic rings. The van der Waals surface area contributed by atoms with Gasteiger partial charge in [-0.25, -0.2) is 8.42 Å². The second kappa shape index (κ2) is 8.80. The van der Waals surface area contributed by atoms with Crippen LogP contribution in [0.1, 0.15) is 42.1 Å². The maximum Gasteiger partial charge on any atom is 0.416 e. The molecule has 3 rings (SSSR count). The Morgan fingerprint density at radius 2 is 1.61 bits per heavy atom. The summed E-state index contributed by atoms with van der Waals surface area (Å²) in [6.45, 7) is 1.51. The monoisotopic (exact) mass is 454 g/mol. The fraction of sp³-hybridized carbons (Fsp3) is 0.333. The van der Waals surface area contributed by atoms with Crippen molar-refractivity contribution in [2.45, 2.75) is 43.3 Å². The average Bonchev–Trinajstić information content (AvgIpc) is 2.73. The number of nitrogens with zero attached hydrogens (tertiary/aromatic N) is 1. The molecule has 0 spiro atoms. The number of halogens is 3. The number of ketones is 1. The zero-order valence-electron chi connectivity index (χ0n) is 16.6. The van der Waals surface area contributed by atoms with E-state index in [0.717, 1.165) is 28.6 Å². The van der Waals surface area contributed by atoms with Crippen LogP contribution in [0.15, 0.2) is 53.4 Å². The van der Waals surface area contributed by atoms with Gasteiger partial charge < -0.3 is 5.32 Å². The molecule has 1 aliphatic heterocycles. The molecule has 10 heteroatoms. The Morgan fingerprint density at radius 3 is 2.16 bits per heavy atom. The van der Waals surface area contributed by atoms with Crippen LogP contribution in [0.5, 0.6) is 0 Å². The molecule has 1 saturated heterocycles. The number of piperidine rings is 1. The summed E-state index contributed by atoms with van der Waals surface area (Å²) in [6, 6.07) is 8.44. The van der Waals surface area contributed by atoms with Gasteiger partial charge in [0.1, 0.15) is 6.04 Å². The van der Waals surface area contributed by atoms with Gasteiger partial charge in [0.25, 0.3) is 0 Å². The largest absolute Gasteiger partial charge is 0.416 e. The number of carbonyl (C=O) groups excluding carboxylic acids is 2. The van der Waals surface area contributed by atoms with Crippen LogP contribution >= 0.6 is 0 Å². The van der Waals surface area contributed by atoms with Crippen molar-refractivity contribution in [2.24, 2.45) is 0 Å². The Kier molecular flexibility index (Phi) is 6.51. The minimum Gasteiger partial charge on any atom is -0.325 e. The van der Waals surface area contributed by atoms with Crippen LogP contribution in [-0.2, 0) is 21.0 Å². The van der Waals surface area contributed by atoms with E-state index in [0.29, 0.717) is 18.4 Å². The lowest BCUT2D eigenvalue weighted by Gasteiger charge is -2.33. The third kappa shape index (κ3) is 5.13. The summed E-state index contributed by atoms with van der Waals surface area (Å²) >= 11 is 0. The second-order valence-electron chi connectivity index (χ2n) is 7.27. The number of anilines is 1. The van der Waals surface area contributed by atoms with Gasteiger partial charge in [-0.15, -0.1) is 0 Å². The van der Waals surface area contributed by atoms with Gasteiger partial charge in [0, 0.05) is 17.8 Å². The molecule has 2 aromatic rings. The Labute approximate surface area is 178 Å². The molecule has 1 fully saturated rings. The molecule has 31 heavy (non-hydrogen) atoms. The maximum atomic E-state index is 13.1. The summed E-state index contributed by atoms with van der Waals surface area (Å²) < 4.78 is 65.5. The van der Waals surface area contributed by atoms with Crippen LogP contribution < -0.4 is 5.32 Å². The maximum absolute atomic E-state index is 13.1. The number of alkyl halides is 3. The van der Waals surface area contributed by atoms with Crippen LogP contribution in [0, 0.1) is 0 Å². The Hall–Kier alpha value is -2.72. The summed E-state index contributed by atoms with van der Waals surface area (Å²) in [4.78, 5) is 24.2.